The maximum atomic E-state index is 9.32. The molecule has 22 heavy (non-hydrogen) atoms. The lowest BCUT2D eigenvalue weighted by Gasteiger charge is -2.13. The minimum Gasteiger partial charge on any atom is -0.396 e. The molecule has 0 amide bonds. The van der Waals surface area contributed by atoms with Gasteiger partial charge in [0.25, 0.3) is 0 Å². The van der Waals surface area contributed by atoms with Crippen molar-refractivity contribution in [2.45, 2.75) is 90.9 Å². The Morgan fingerprint density at radius 2 is 1.05 bits per heavy atom. The molecule has 0 aliphatic rings. The van der Waals surface area contributed by atoms with Crippen molar-refractivity contribution in [1.82, 2.24) is 0 Å². The zero-order valence-electron chi connectivity index (χ0n) is 14.3. The van der Waals surface area contributed by atoms with Crippen molar-refractivity contribution < 1.29 is 22.6 Å². The monoisotopic (exact) mass is 340 g/mol. The highest BCUT2D eigenvalue weighted by molar-refractivity contribution is 7.79. The summed E-state index contributed by atoms with van der Waals surface area (Å²) >= 11 is 0. The van der Waals surface area contributed by atoms with Crippen LogP contribution >= 0.6 is 0 Å². The van der Waals surface area contributed by atoms with Crippen LogP contribution in [0.2, 0.25) is 0 Å². The van der Waals surface area contributed by atoms with E-state index in [-0.39, 0.29) is 0 Å². The second kappa shape index (κ2) is 17.2. The fraction of sp³-hybridized carbons (Fsp3) is 1.00. The fourth-order valence-electron chi connectivity index (χ4n) is 2.40. The van der Waals surface area contributed by atoms with Gasteiger partial charge in [-0.1, -0.05) is 78.1 Å². The molecular weight excluding hydrogens is 304 g/mol. The Labute approximate surface area is 137 Å². The van der Waals surface area contributed by atoms with Crippen LogP contribution in [0.5, 0.6) is 0 Å². The van der Waals surface area contributed by atoms with Gasteiger partial charge in [-0.2, -0.15) is 8.42 Å². The van der Waals surface area contributed by atoms with E-state index in [2.05, 4.69) is 13.8 Å². The number of hydrogen-bond acceptors (Lipinski definition) is 3. The van der Waals surface area contributed by atoms with Gasteiger partial charge in [0, 0.05) is 6.61 Å². The highest BCUT2D eigenvalue weighted by atomic mass is 32.3. The van der Waals surface area contributed by atoms with Crippen LogP contribution in [0.4, 0.5) is 0 Å². The zero-order valence-corrected chi connectivity index (χ0v) is 15.2. The molecule has 0 saturated heterocycles. The Bertz CT molecular complexity index is 296. The van der Waals surface area contributed by atoms with Gasteiger partial charge in [0.05, 0.1) is 0 Å². The average Bonchev–Trinajstić information content (AvgIpc) is 2.43. The summed E-state index contributed by atoms with van der Waals surface area (Å²) < 4.78 is 31.6. The molecule has 0 aliphatic carbocycles. The van der Waals surface area contributed by atoms with Crippen LogP contribution in [0.25, 0.3) is 0 Å². The van der Waals surface area contributed by atoms with Gasteiger partial charge in [-0.15, -0.1) is 0 Å². The molecule has 0 spiro atoms. The van der Waals surface area contributed by atoms with Gasteiger partial charge in [-0.05, 0) is 18.8 Å². The molecule has 0 saturated carbocycles. The average molecular weight is 341 g/mol. The molecule has 5 nitrogen and oxygen atoms in total. The third-order valence-corrected chi connectivity index (χ3v) is 3.69. The molecule has 0 heterocycles. The molecule has 0 bridgehead atoms. The minimum atomic E-state index is -4.67. The lowest BCUT2D eigenvalue weighted by molar-refractivity contribution is 0.204. The van der Waals surface area contributed by atoms with Gasteiger partial charge in [0.15, 0.2) is 0 Å². The van der Waals surface area contributed by atoms with E-state index in [1.54, 1.807) is 0 Å². The van der Waals surface area contributed by atoms with E-state index < -0.39 is 10.4 Å². The first-order valence-corrected chi connectivity index (χ1v) is 10.1. The second-order valence-electron chi connectivity index (χ2n) is 5.90. The number of hydrogen-bond donors (Lipinski definition) is 3. The van der Waals surface area contributed by atoms with Crippen molar-refractivity contribution in [3.8, 4) is 0 Å². The number of unbranched alkanes of at least 4 members (excludes halogenated alkanes) is 8. The molecule has 1 unspecified atom stereocenters. The summed E-state index contributed by atoms with van der Waals surface area (Å²) in [6.45, 7) is 4.92. The Kier molecular flexibility index (Phi) is 18.8. The van der Waals surface area contributed by atoms with Gasteiger partial charge in [-0.25, -0.2) is 0 Å². The molecule has 1 atom stereocenters. The second-order valence-corrected chi connectivity index (χ2v) is 6.80. The lowest BCUT2D eigenvalue weighted by Crippen LogP contribution is -2.06. The van der Waals surface area contributed by atoms with Gasteiger partial charge >= 0.3 is 10.4 Å². The molecule has 3 N–H and O–H groups in total. The van der Waals surface area contributed by atoms with Crippen molar-refractivity contribution >= 4 is 10.4 Å². The number of aliphatic hydroxyl groups is 1. The molecule has 0 fully saturated rings. The maximum Gasteiger partial charge on any atom is 0.394 e. The topological polar surface area (TPSA) is 94.8 Å². The van der Waals surface area contributed by atoms with Crippen LogP contribution in [0.1, 0.15) is 90.9 Å². The van der Waals surface area contributed by atoms with Crippen molar-refractivity contribution in [3.05, 3.63) is 0 Å². The first-order valence-electron chi connectivity index (χ1n) is 8.65. The molecule has 136 valence electrons. The SMILES string of the molecule is CCCCCCCCC(CO)CCCCCC.O=S(=O)(O)O. The Hall–Kier alpha value is -0.170. The number of rotatable bonds is 13. The Balaban J connectivity index is 0. The van der Waals surface area contributed by atoms with Gasteiger partial charge in [0.1, 0.15) is 0 Å². The number of aliphatic hydroxyl groups excluding tert-OH is 1. The van der Waals surface area contributed by atoms with Crippen molar-refractivity contribution in [2.75, 3.05) is 6.61 Å². The van der Waals surface area contributed by atoms with E-state index in [4.69, 9.17) is 17.5 Å². The molecule has 0 radical (unpaired) electrons. The predicted octanol–water partition coefficient (Wildman–Crippen LogP) is 4.66. The molecule has 6 heteroatoms. The predicted molar refractivity (Wildman–Crippen MR) is 91.5 cm³/mol. The van der Waals surface area contributed by atoms with Gasteiger partial charge < -0.3 is 5.11 Å². The van der Waals surface area contributed by atoms with Crippen molar-refractivity contribution in [3.63, 3.8) is 0 Å². The van der Waals surface area contributed by atoms with E-state index in [1.807, 2.05) is 0 Å². The van der Waals surface area contributed by atoms with E-state index >= 15 is 0 Å². The summed E-state index contributed by atoms with van der Waals surface area (Å²) in [5.41, 5.74) is 0. The van der Waals surface area contributed by atoms with Crippen molar-refractivity contribution in [1.29, 1.82) is 0 Å². The minimum absolute atomic E-state index is 0.404. The quantitative estimate of drug-likeness (QED) is 0.335. The highest BCUT2D eigenvalue weighted by Crippen LogP contribution is 2.18. The molecule has 0 rings (SSSR count). The summed E-state index contributed by atoms with van der Waals surface area (Å²) in [6.07, 6.45) is 16.0. The summed E-state index contributed by atoms with van der Waals surface area (Å²) in [6, 6.07) is 0. The van der Waals surface area contributed by atoms with E-state index in [1.165, 1.54) is 77.0 Å². The van der Waals surface area contributed by atoms with Gasteiger partial charge in [-0.3, -0.25) is 9.11 Å². The van der Waals surface area contributed by atoms with Crippen LogP contribution in [0, 0.1) is 5.92 Å². The van der Waals surface area contributed by atoms with Crippen LogP contribution in [-0.4, -0.2) is 29.2 Å². The smallest absolute Gasteiger partial charge is 0.394 e. The summed E-state index contributed by atoms with van der Waals surface area (Å²) in [5.74, 6) is 0.582. The summed E-state index contributed by atoms with van der Waals surface area (Å²) in [5, 5.41) is 9.32. The van der Waals surface area contributed by atoms with Crippen LogP contribution in [0.15, 0.2) is 0 Å². The molecule has 0 aromatic carbocycles. The first-order chi connectivity index (χ1) is 10.3. The van der Waals surface area contributed by atoms with Crippen LogP contribution in [0.3, 0.4) is 0 Å². The molecular formula is C16H36O5S. The normalized spacial score (nSPS) is 12.6. The van der Waals surface area contributed by atoms with Gasteiger partial charge in [0.2, 0.25) is 0 Å². The molecule has 0 aromatic heterocycles. The van der Waals surface area contributed by atoms with E-state index in [9.17, 15) is 5.11 Å². The Morgan fingerprint density at radius 3 is 1.41 bits per heavy atom. The van der Waals surface area contributed by atoms with Crippen LogP contribution < -0.4 is 0 Å². The molecule has 0 aliphatic heterocycles. The zero-order chi connectivity index (χ0) is 17.3. The molecule has 0 aromatic rings. The third kappa shape index (κ3) is 28.1. The lowest BCUT2D eigenvalue weighted by atomic mass is 9.95. The summed E-state index contributed by atoms with van der Waals surface area (Å²) in [4.78, 5) is 0. The highest BCUT2D eigenvalue weighted by Gasteiger charge is 2.06. The first kappa shape index (κ1) is 24.1. The van der Waals surface area contributed by atoms with Crippen molar-refractivity contribution in [2.24, 2.45) is 5.92 Å². The van der Waals surface area contributed by atoms with E-state index in [0.29, 0.717) is 12.5 Å². The largest absolute Gasteiger partial charge is 0.396 e. The van der Waals surface area contributed by atoms with Crippen LogP contribution in [-0.2, 0) is 10.4 Å². The third-order valence-electron chi connectivity index (χ3n) is 3.69. The standard InChI is InChI=1S/C16H34O.H2O4S/c1-3-5-7-9-10-12-14-16(15-17)13-11-8-6-4-2;1-5(2,3)4/h16-17H,3-15H2,1-2H3;(H2,1,2,3,4). The van der Waals surface area contributed by atoms with E-state index in [0.717, 1.165) is 0 Å². The Morgan fingerprint density at radius 1 is 0.727 bits per heavy atom. The maximum absolute atomic E-state index is 9.32. The fourth-order valence-corrected chi connectivity index (χ4v) is 2.40. The summed E-state index contributed by atoms with van der Waals surface area (Å²) in [7, 11) is -4.67.